The topological polar surface area (TPSA) is 71.1 Å². The molecular weight excluding hydrogens is 166 g/mol. The van der Waals surface area contributed by atoms with Gasteiger partial charge in [-0.2, -0.15) is 5.26 Å². The summed E-state index contributed by atoms with van der Waals surface area (Å²) >= 11 is 0. The van der Waals surface area contributed by atoms with Crippen molar-refractivity contribution in [3.8, 4) is 11.8 Å². The monoisotopic (exact) mass is 177 g/mol. The van der Waals surface area contributed by atoms with Gasteiger partial charge in [-0.15, -0.1) is 0 Å². The molecule has 0 aromatic heterocycles. The Hall–Kier alpha value is -1.89. The van der Waals surface area contributed by atoms with Crippen LogP contribution in [0.2, 0.25) is 0 Å². The number of nitrogen functional groups attached to an aromatic ring is 1. The third kappa shape index (κ3) is 1.49. The van der Waals surface area contributed by atoms with E-state index in [1.807, 2.05) is 6.07 Å². The van der Waals surface area contributed by atoms with Crippen LogP contribution in [0.5, 0.6) is 5.75 Å². The molecule has 0 atom stereocenters. The molecule has 0 amide bonds. The first-order valence-electron chi connectivity index (χ1n) is 3.79. The Morgan fingerprint density at radius 1 is 1.54 bits per heavy atom. The summed E-state index contributed by atoms with van der Waals surface area (Å²) in [6.45, 7) is 0. The molecule has 0 aliphatic rings. The molecular formula is C9H11N3O. The van der Waals surface area contributed by atoms with Crippen molar-refractivity contribution in [2.75, 3.05) is 25.2 Å². The average Bonchev–Trinajstić information content (AvgIpc) is 2.17. The van der Waals surface area contributed by atoms with Gasteiger partial charge in [-0.05, 0) is 12.1 Å². The van der Waals surface area contributed by atoms with E-state index in [2.05, 4.69) is 5.32 Å². The van der Waals surface area contributed by atoms with Gasteiger partial charge in [-0.25, -0.2) is 0 Å². The third-order valence-corrected chi connectivity index (χ3v) is 1.80. The van der Waals surface area contributed by atoms with Crippen molar-refractivity contribution < 1.29 is 4.74 Å². The fourth-order valence-corrected chi connectivity index (χ4v) is 1.14. The Morgan fingerprint density at radius 2 is 2.23 bits per heavy atom. The molecule has 0 fully saturated rings. The molecule has 0 bridgehead atoms. The highest BCUT2D eigenvalue weighted by molar-refractivity contribution is 5.78. The van der Waals surface area contributed by atoms with Crippen LogP contribution >= 0.6 is 0 Å². The van der Waals surface area contributed by atoms with E-state index in [0.29, 0.717) is 22.7 Å². The van der Waals surface area contributed by atoms with Crippen molar-refractivity contribution in [2.45, 2.75) is 0 Å². The lowest BCUT2D eigenvalue weighted by Gasteiger charge is -2.10. The van der Waals surface area contributed by atoms with Gasteiger partial charge in [0.05, 0.1) is 24.0 Å². The van der Waals surface area contributed by atoms with Crippen molar-refractivity contribution in [2.24, 2.45) is 0 Å². The fourth-order valence-electron chi connectivity index (χ4n) is 1.14. The molecule has 4 nitrogen and oxygen atoms in total. The number of nitrogens with zero attached hydrogens (tertiary/aromatic N) is 1. The molecule has 0 heterocycles. The van der Waals surface area contributed by atoms with E-state index in [1.165, 1.54) is 7.11 Å². The number of nitrogens with one attached hydrogen (secondary N) is 1. The first kappa shape index (κ1) is 9.20. The van der Waals surface area contributed by atoms with E-state index in [1.54, 1.807) is 19.2 Å². The van der Waals surface area contributed by atoms with Gasteiger partial charge in [0.2, 0.25) is 0 Å². The molecule has 0 saturated heterocycles. The maximum absolute atomic E-state index is 8.75. The Balaban J connectivity index is 3.34. The number of hydrogen-bond donors (Lipinski definition) is 2. The number of nitrogens with two attached hydrogens (primary N) is 1. The lowest BCUT2D eigenvalue weighted by Crippen LogP contribution is -2.01. The number of anilines is 2. The highest BCUT2D eigenvalue weighted by atomic mass is 16.5. The zero-order valence-corrected chi connectivity index (χ0v) is 7.59. The molecule has 1 aromatic carbocycles. The molecule has 0 radical (unpaired) electrons. The molecule has 0 aliphatic carbocycles. The largest absolute Gasteiger partial charge is 0.495 e. The van der Waals surface area contributed by atoms with Crippen molar-refractivity contribution >= 4 is 11.4 Å². The van der Waals surface area contributed by atoms with Gasteiger partial charge in [0.1, 0.15) is 11.8 Å². The van der Waals surface area contributed by atoms with Crippen LogP contribution in [-0.2, 0) is 0 Å². The molecule has 0 unspecified atom stereocenters. The van der Waals surface area contributed by atoms with E-state index in [-0.39, 0.29) is 0 Å². The Bertz CT molecular complexity index is 355. The molecule has 0 spiro atoms. The number of ether oxygens (including phenoxy) is 1. The summed E-state index contributed by atoms with van der Waals surface area (Å²) in [5, 5.41) is 11.6. The minimum absolute atomic E-state index is 0.462. The average molecular weight is 177 g/mol. The SMILES string of the molecule is CNc1c(C#N)ccc(OC)c1N. The summed E-state index contributed by atoms with van der Waals surface area (Å²) in [7, 11) is 3.25. The lowest BCUT2D eigenvalue weighted by molar-refractivity contribution is 0.417. The van der Waals surface area contributed by atoms with Crippen LogP contribution in [0.15, 0.2) is 12.1 Å². The smallest absolute Gasteiger partial charge is 0.143 e. The Labute approximate surface area is 76.9 Å². The number of methoxy groups -OCH3 is 1. The molecule has 3 N–H and O–H groups in total. The van der Waals surface area contributed by atoms with Crippen molar-refractivity contribution in [1.82, 2.24) is 0 Å². The second kappa shape index (κ2) is 3.68. The highest BCUT2D eigenvalue weighted by Gasteiger charge is 2.08. The molecule has 68 valence electrons. The van der Waals surface area contributed by atoms with E-state index in [9.17, 15) is 0 Å². The maximum atomic E-state index is 8.75. The highest BCUT2D eigenvalue weighted by Crippen LogP contribution is 2.31. The molecule has 0 aliphatic heterocycles. The van der Waals surface area contributed by atoms with Gasteiger partial charge in [0.25, 0.3) is 0 Å². The van der Waals surface area contributed by atoms with Crippen molar-refractivity contribution in [1.29, 1.82) is 5.26 Å². The first-order chi connectivity index (χ1) is 6.24. The van der Waals surface area contributed by atoms with E-state index < -0.39 is 0 Å². The molecule has 0 saturated carbocycles. The van der Waals surface area contributed by atoms with E-state index in [0.717, 1.165) is 0 Å². The Kier molecular flexibility index (Phi) is 2.60. The molecule has 1 rings (SSSR count). The predicted octanol–water partition coefficient (Wildman–Crippen LogP) is 1.19. The van der Waals surface area contributed by atoms with Gasteiger partial charge in [0.15, 0.2) is 0 Å². The number of benzene rings is 1. The second-order valence-electron chi connectivity index (χ2n) is 2.47. The zero-order chi connectivity index (χ0) is 9.84. The van der Waals surface area contributed by atoms with Gasteiger partial charge >= 0.3 is 0 Å². The normalized spacial score (nSPS) is 9.00. The van der Waals surface area contributed by atoms with Crippen LogP contribution in [0.3, 0.4) is 0 Å². The van der Waals surface area contributed by atoms with Crippen LogP contribution in [0.1, 0.15) is 5.56 Å². The number of hydrogen-bond acceptors (Lipinski definition) is 4. The van der Waals surface area contributed by atoms with Gasteiger partial charge < -0.3 is 15.8 Å². The zero-order valence-electron chi connectivity index (χ0n) is 7.59. The van der Waals surface area contributed by atoms with Gasteiger partial charge in [0, 0.05) is 7.05 Å². The summed E-state index contributed by atoms with van der Waals surface area (Å²) in [6, 6.07) is 5.38. The van der Waals surface area contributed by atoms with Gasteiger partial charge in [-0.1, -0.05) is 0 Å². The summed E-state index contributed by atoms with van der Waals surface area (Å²) in [5.74, 6) is 0.573. The predicted molar refractivity (Wildman–Crippen MR) is 51.7 cm³/mol. The number of nitriles is 1. The Morgan fingerprint density at radius 3 is 2.69 bits per heavy atom. The summed E-state index contributed by atoms with van der Waals surface area (Å²) in [4.78, 5) is 0. The minimum atomic E-state index is 0.462. The van der Waals surface area contributed by atoms with Crippen LogP contribution in [0.25, 0.3) is 0 Å². The van der Waals surface area contributed by atoms with Crippen molar-refractivity contribution in [3.63, 3.8) is 0 Å². The third-order valence-electron chi connectivity index (χ3n) is 1.80. The quantitative estimate of drug-likeness (QED) is 0.665. The minimum Gasteiger partial charge on any atom is -0.495 e. The molecule has 1 aromatic rings. The first-order valence-corrected chi connectivity index (χ1v) is 3.79. The number of rotatable bonds is 2. The maximum Gasteiger partial charge on any atom is 0.143 e. The van der Waals surface area contributed by atoms with E-state index >= 15 is 0 Å². The van der Waals surface area contributed by atoms with Crippen LogP contribution in [-0.4, -0.2) is 14.2 Å². The van der Waals surface area contributed by atoms with Crippen LogP contribution < -0.4 is 15.8 Å². The van der Waals surface area contributed by atoms with Crippen LogP contribution in [0.4, 0.5) is 11.4 Å². The molecule has 4 heteroatoms. The summed E-state index contributed by atoms with van der Waals surface area (Å²) in [5.41, 5.74) is 7.33. The summed E-state index contributed by atoms with van der Waals surface area (Å²) in [6.07, 6.45) is 0. The lowest BCUT2D eigenvalue weighted by atomic mass is 10.1. The second-order valence-corrected chi connectivity index (χ2v) is 2.47. The standard InChI is InChI=1S/C9H11N3O/c1-12-9-6(5-10)3-4-7(13-2)8(9)11/h3-4,12H,11H2,1-2H3. The fraction of sp³-hybridized carbons (Fsp3) is 0.222. The van der Waals surface area contributed by atoms with Gasteiger partial charge in [-0.3, -0.25) is 0 Å². The summed E-state index contributed by atoms with van der Waals surface area (Å²) < 4.78 is 5.01. The van der Waals surface area contributed by atoms with E-state index in [4.69, 9.17) is 15.7 Å². The molecule has 13 heavy (non-hydrogen) atoms. The van der Waals surface area contributed by atoms with Crippen LogP contribution in [0, 0.1) is 11.3 Å². The van der Waals surface area contributed by atoms with Crippen molar-refractivity contribution in [3.05, 3.63) is 17.7 Å².